The monoisotopic (exact) mass is 248 g/mol. The molecule has 100 valence electrons. The van der Waals surface area contributed by atoms with Crippen LogP contribution in [0.3, 0.4) is 0 Å². The van der Waals surface area contributed by atoms with Gasteiger partial charge in [0.05, 0.1) is 17.1 Å². The molecule has 1 unspecified atom stereocenters. The number of hydrogen-bond donors (Lipinski definition) is 1. The van der Waals surface area contributed by atoms with E-state index in [2.05, 4.69) is 11.0 Å². The second-order valence-electron chi connectivity index (χ2n) is 6.59. The average Bonchev–Trinajstić information content (AvgIpc) is 3.18. The number of aliphatic hydroxyl groups is 1. The zero-order valence-electron chi connectivity index (χ0n) is 11.2. The standard InChI is InChI=1S/C15H24N2O/c16-11-14(7-3-1-2-4-8-14)15(18)9-10-17(12-15)13-5-6-13/h13,18H,1-10,12H2. The van der Waals surface area contributed by atoms with Gasteiger partial charge in [0.1, 0.15) is 0 Å². The van der Waals surface area contributed by atoms with E-state index in [1.165, 1.54) is 25.7 Å². The van der Waals surface area contributed by atoms with Crippen LogP contribution >= 0.6 is 0 Å². The average molecular weight is 248 g/mol. The van der Waals surface area contributed by atoms with Crippen molar-refractivity contribution in [2.75, 3.05) is 13.1 Å². The van der Waals surface area contributed by atoms with E-state index in [9.17, 15) is 10.4 Å². The van der Waals surface area contributed by atoms with Gasteiger partial charge in [0.15, 0.2) is 0 Å². The summed E-state index contributed by atoms with van der Waals surface area (Å²) < 4.78 is 0. The number of nitriles is 1. The third-order valence-electron chi connectivity index (χ3n) is 5.40. The summed E-state index contributed by atoms with van der Waals surface area (Å²) in [5, 5.41) is 20.8. The van der Waals surface area contributed by atoms with Gasteiger partial charge in [-0.1, -0.05) is 25.7 Å². The Morgan fingerprint density at radius 2 is 1.72 bits per heavy atom. The SMILES string of the molecule is N#CC1(C2(O)CCN(C3CC3)C2)CCCCCC1. The van der Waals surface area contributed by atoms with Crippen molar-refractivity contribution in [2.24, 2.45) is 5.41 Å². The van der Waals surface area contributed by atoms with Crippen LogP contribution in [0.15, 0.2) is 0 Å². The van der Waals surface area contributed by atoms with Gasteiger partial charge in [0.25, 0.3) is 0 Å². The molecule has 3 fully saturated rings. The van der Waals surface area contributed by atoms with Crippen LogP contribution in [0.2, 0.25) is 0 Å². The highest BCUT2D eigenvalue weighted by atomic mass is 16.3. The molecule has 3 aliphatic rings. The molecule has 2 saturated carbocycles. The van der Waals surface area contributed by atoms with Crippen LogP contribution < -0.4 is 0 Å². The van der Waals surface area contributed by atoms with E-state index in [0.29, 0.717) is 6.04 Å². The number of likely N-dealkylation sites (tertiary alicyclic amines) is 1. The molecule has 0 aromatic heterocycles. The molecule has 1 atom stereocenters. The quantitative estimate of drug-likeness (QED) is 0.764. The van der Waals surface area contributed by atoms with Crippen molar-refractivity contribution in [3.8, 4) is 6.07 Å². The first-order valence-corrected chi connectivity index (χ1v) is 7.57. The Balaban J connectivity index is 1.79. The van der Waals surface area contributed by atoms with Gasteiger partial charge in [-0.3, -0.25) is 4.90 Å². The van der Waals surface area contributed by atoms with Crippen LogP contribution in [-0.4, -0.2) is 34.7 Å². The fourth-order valence-electron chi connectivity index (χ4n) is 3.98. The number of hydrogen-bond acceptors (Lipinski definition) is 3. The predicted octanol–water partition coefficient (Wildman–Crippen LogP) is 2.45. The first-order chi connectivity index (χ1) is 8.69. The molecule has 0 bridgehead atoms. The van der Waals surface area contributed by atoms with E-state index in [0.717, 1.165) is 45.2 Å². The number of β-amino-alcohol motifs (C(OH)–C–C–N with tert-alkyl or cyclic N) is 1. The van der Waals surface area contributed by atoms with Gasteiger partial charge >= 0.3 is 0 Å². The van der Waals surface area contributed by atoms with E-state index < -0.39 is 11.0 Å². The molecule has 3 heteroatoms. The molecule has 0 amide bonds. The van der Waals surface area contributed by atoms with Gasteiger partial charge in [0.2, 0.25) is 0 Å². The van der Waals surface area contributed by atoms with Crippen molar-refractivity contribution in [1.82, 2.24) is 4.90 Å². The van der Waals surface area contributed by atoms with E-state index in [4.69, 9.17) is 0 Å². The molecule has 0 aromatic rings. The van der Waals surface area contributed by atoms with E-state index >= 15 is 0 Å². The smallest absolute Gasteiger partial charge is 0.0971 e. The summed E-state index contributed by atoms with van der Waals surface area (Å²) in [5.74, 6) is 0. The lowest BCUT2D eigenvalue weighted by molar-refractivity contribution is -0.0540. The van der Waals surface area contributed by atoms with Crippen LogP contribution in [0, 0.1) is 16.7 Å². The van der Waals surface area contributed by atoms with Crippen LogP contribution in [0.4, 0.5) is 0 Å². The third kappa shape index (κ3) is 1.96. The van der Waals surface area contributed by atoms with Gasteiger partial charge in [-0.25, -0.2) is 0 Å². The molecule has 0 radical (unpaired) electrons. The Morgan fingerprint density at radius 3 is 2.28 bits per heavy atom. The number of nitrogens with zero attached hydrogens (tertiary/aromatic N) is 2. The van der Waals surface area contributed by atoms with E-state index in [-0.39, 0.29) is 0 Å². The summed E-state index contributed by atoms with van der Waals surface area (Å²) in [5.41, 5.74) is -1.21. The fraction of sp³-hybridized carbons (Fsp3) is 0.933. The summed E-state index contributed by atoms with van der Waals surface area (Å²) in [6, 6.07) is 3.25. The Hall–Kier alpha value is -0.590. The molecule has 3 rings (SSSR count). The maximum Gasteiger partial charge on any atom is 0.0971 e. The van der Waals surface area contributed by atoms with Gasteiger partial charge < -0.3 is 5.11 Å². The van der Waals surface area contributed by atoms with Gasteiger partial charge in [0, 0.05) is 19.1 Å². The molecule has 1 N–H and O–H groups in total. The maximum atomic E-state index is 11.1. The molecule has 3 nitrogen and oxygen atoms in total. The zero-order chi connectivity index (χ0) is 12.6. The van der Waals surface area contributed by atoms with Crippen molar-refractivity contribution < 1.29 is 5.11 Å². The first kappa shape index (κ1) is 12.4. The predicted molar refractivity (Wildman–Crippen MR) is 69.9 cm³/mol. The molecule has 0 aromatic carbocycles. The zero-order valence-corrected chi connectivity index (χ0v) is 11.2. The minimum Gasteiger partial charge on any atom is -0.387 e. The second-order valence-corrected chi connectivity index (χ2v) is 6.59. The van der Waals surface area contributed by atoms with E-state index in [1.54, 1.807) is 0 Å². The van der Waals surface area contributed by atoms with Crippen molar-refractivity contribution in [2.45, 2.75) is 69.4 Å². The van der Waals surface area contributed by atoms with Crippen LogP contribution in [0.25, 0.3) is 0 Å². The highest BCUT2D eigenvalue weighted by Crippen LogP contribution is 2.49. The lowest BCUT2D eigenvalue weighted by Gasteiger charge is -2.40. The Bertz CT molecular complexity index is 350. The van der Waals surface area contributed by atoms with Crippen LogP contribution in [-0.2, 0) is 0 Å². The Morgan fingerprint density at radius 1 is 1.06 bits per heavy atom. The van der Waals surface area contributed by atoms with Gasteiger partial charge in [-0.05, 0) is 32.1 Å². The highest BCUT2D eigenvalue weighted by Gasteiger charge is 2.55. The van der Waals surface area contributed by atoms with E-state index in [1.807, 2.05) is 0 Å². The molecule has 0 spiro atoms. The summed E-state index contributed by atoms with van der Waals surface area (Å²) in [7, 11) is 0. The summed E-state index contributed by atoms with van der Waals surface area (Å²) >= 11 is 0. The van der Waals surface area contributed by atoms with Gasteiger partial charge in [-0.15, -0.1) is 0 Å². The highest BCUT2D eigenvalue weighted by molar-refractivity contribution is 5.16. The lowest BCUT2D eigenvalue weighted by atomic mass is 9.67. The molecule has 1 heterocycles. The first-order valence-electron chi connectivity index (χ1n) is 7.57. The lowest BCUT2D eigenvalue weighted by Crippen LogP contribution is -2.49. The molecule has 1 saturated heterocycles. The maximum absolute atomic E-state index is 11.1. The Kier molecular flexibility index (Phi) is 3.11. The molecular formula is C15H24N2O. The molecule has 2 aliphatic carbocycles. The largest absolute Gasteiger partial charge is 0.387 e. The van der Waals surface area contributed by atoms with Crippen LogP contribution in [0.5, 0.6) is 0 Å². The Labute approximate surface area is 110 Å². The van der Waals surface area contributed by atoms with Crippen molar-refractivity contribution in [3.63, 3.8) is 0 Å². The molecule has 18 heavy (non-hydrogen) atoms. The summed E-state index contributed by atoms with van der Waals surface area (Å²) in [4.78, 5) is 2.42. The normalized spacial score (nSPS) is 37.1. The second kappa shape index (κ2) is 4.51. The minimum atomic E-state index is -0.741. The molecule has 1 aliphatic heterocycles. The fourth-order valence-corrected chi connectivity index (χ4v) is 3.98. The summed E-state index contributed by atoms with van der Waals surface area (Å²) in [6.07, 6.45) is 9.86. The third-order valence-corrected chi connectivity index (χ3v) is 5.40. The number of rotatable bonds is 2. The summed E-state index contributed by atoms with van der Waals surface area (Å²) in [6.45, 7) is 1.73. The van der Waals surface area contributed by atoms with Crippen molar-refractivity contribution in [1.29, 1.82) is 5.26 Å². The van der Waals surface area contributed by atoms with Crippen LogP contribution in [0.1, 0.15) is 57.8 Å². The van der Waals surface area contributed by atoms with Gasteiger partial charge in [-0.2, -0.15) is 5.26 Å². The van der Waals surface area contributed by atoms with Crippen molar-refractivity contribution >= 4 is 0 Å². The van der Waals surface area contributed by atoms with Crippen molar-refractivity contribution in [3.05, 3.63) is 0 Å². The minimum absolute atomic E-state index is 0.465. The molecular weight excluding hydrogens is 224 g/mol. The topological polar surface area (TPSA) is 47.3 Å².